The molecular weight excluding hydrogens is 200 g/mol. The van der Waals surface area contributed by atoms with Gasteiger partial charge in [-0.3, -0.25) is 0 Å². The molecule has 0 aromatic carbocycles. The summed E-state index contributed by atoms with van der Waals surface area (Å²) in [5.41, 5.74) is 3.71. The fourth-order valence-corrected chi connectivity index (χ4v) is 4.30. The highest BCUT2D eigenvalue weighted by molar-refractivity contribution is 7.12. The van der Waals surface area contributed by atoms with Crippen LogP contribution >= 0.6 is 11.3 Å². The molecule has 0 amide bonds. The Morgan fingerprint density at radius 1 is 1.27 bits per heavy atom. The summed E-state index contributed by atoms with van der Waals surface area (Å²) in [6, 6.07) is 0. The molecule has 0 spiro atoms. The zero-order chi connectivity index (χ0) is 11.2. The number of rotatable bonds is 1. The second-order valence-corrected chi connectivity index (χ2v) is 6.82. The van der Waals surface area contributed by atoms with Crippen molar-refractivity contribution in [3.05, 3.63) is 20.9 Å². The summed E-state index contributed by atoms with van der Waals surface area (Å²) in [5, 5.41) is 0. The van der Waals surface area contributed by atoms with E-state index in [2.05, 4.69) is 34.6 Å². The van der Waals surface area contributed by atoms with E-state index in [0.29, 0.717) is 5.41 Å². The van der Waals surface area contributed by atoms with Crippen molar-refractivity contribution in [1.29, 1.82) is 0 Å². The van der Waals surface area contributed by atoms with Crippen LogP contribution in [-0.2, 0) is 11.8 Å². The van der Waals surface area contributed by atoms with Crippen molar-refractivity contribution < 1.29 is 0 Å². The maximum absolute atomic E-state index is 2.47. The van der Waals surface area contributed by atoms with E-state index in [0.717, 1.165) is 5.92 Å². The van der Waals surface area contributed by atoms with Gasteiger partial charge in [-0.25, -0.2) is 0 Å². The molecule has 1 aliphatic rings. The lowest BCUT2D eigenvalue weighted by molar-refractivity contribution is 0.291. The molecule has 0 N–H and O–H groups in total. The third kappa shape index (κ3) is 1.56. The van der Waals surface area contributed by atoms with Crippen LogP contribution in [0.25, 0.3) is 0 Å². The number of hydrogen-bond donors (Lipinski definition) is 0. The molecule has 1 heterocycles. The van der Waals surface area contributed by atoms with E-state index in [1.165, 1.54) is 24.1 Å². The Morgan fingerprint density at radius 3 is 2.53 bits per heavy atom. The number of thiophene rings is 1. The fourth-order valence-electron chi connectivity index (χ4n) is 2.94. The molecule has 15 heavy (non-hydrogen) atoms. The standard InChI is InChI=1S/C14H22S/c1-9(2)14(5)8-6-7-12-13(14)10(3)11(4)15-12/h9H,6-8H2,1-5H3/t14-/m1/s1. The first-order chi connectivity index (χ1) is 6.97. The van der Waals surface area contributed by atoms with Gasteiger partial charge in [0, 0.05) is 9.75 Å². The van der Waals surface area contributed by atoms with E-state index in [1.807, 2.05) is 11.3 Å². The molecule has 0 unspecified atom stereocenters. The predicted octanol–water partition coefficient (Wildman–Crippen LogP) is 4.61. The number of aryl methyl sites for hydroxylation is 2. The van der Waals surface area contributed by atoms with E-state index < -0.39 is 0 Å². The number of hydrogen-bond acceptors (Lipinski definition) is 1. The summed E-state index contributed by atoms with van der Waals surface area (Å²) >= 11 is 2.04. The Balaban J connectivity index is 2.59. The normalized spacial score (nSPS) is 25.7. The van der Waals surface area contributed by atoms with Crippen molar-refractivity contribution in [3.63, 3.8) is 0 Å². The fraction of sp³-hybridized carbons (Fsp3) is 0.714. The third-order valence-electron chi connectivity index (χ3n) is 4.40. The third-order valence-corrected chi connectivity index (χ3v) is 5.67. The lowest BCUT2D eigenvalue weighted by Gasteiger charge is -2.38. The van der Waals surface area contributed by atoms with Gasteiger partial charge in [-0.1, -0.05) is 20.8 Å². The highest BCUT2D eigenvalue weighted by Crippen LogP contribution is 2.47. The van der Waals surface area contributed by atoms with Crippen molar-refractivity contribution >= 4 is 11.3 Å². The van der Waals surface area contributed by atoms with Gasteiger partial charge in [0.05, 0.1) is 0 Å². The highest BCUT2D eigenvalue weighted by Gasteiger charge is 2.37. The summed E-state index contributed by atoms with van der Waals surface area (Å²) in [6.07, 6.45) is 4.06. The maximum atomic E-state index is 2.47. The van der Waals surface area contributed by atoms with Gasteiger partial charge in [0.25, 0.3) is 0 Å². The monoisotopic (exact) mass is 222 g/mol. The van der Waals surface area contributed by atoms with Crippen LogP contribution in [0.2, 0.25) is 0 Å². The first-order valence-corrected chi connectivity index (χ1v) is 6.88. The molecule has 0 bridgehead atoms. The van der Waals surface area contributed by atoms with Crippen LogP contribution in [0.3, 0.4) is 0 Å². The van der Waals surface area contributed by atoms with E-state index in [-0.39, 0.29) is 0 Å². The Labute approximate surface area is 97.7 Å². The SMILES string of the molecule is Cc1sc2c(c1C)[C@@](C)(C(C)C)CCC2. The Hall–Kier alpha value is -0.300. The molecule has 1 heteroatoms. The summed E-state index contributed by atoms with van der Waals surface area (Å²) in [6.45, 7) is 11.8. The number of fused-ring (bicyclic) bond motifs is 1. The first kappa shape index (κ1) is 11.2. The molecule has 0 saturated carbocycles. The Kier molecular flexibility index (Phi) is 2.70. The summed E-state index contributed by atoms with van der Waals surface area (Å²) < 4.78 is 0. The zero-order valence-electron chi connectivity index (χ0n) is 10.6. The van der Waals surface area contributed by atoms with Crippen LogP contribution in [0.5, 0.6) is 0 Å². The van der Waals surface area contributed by atoms with Gasteiger partial charge < -0.3 is 0 Å². The van der Waals surface area contributed by atoms with Crippen LogP contribution in [0.15, 0.2) is 0 Å². The molecule has 0 fully saturated rings. The highest BCUT2D eigenvalue weighted by atomic mass is 32.1. The van der Waals surface area contributed by atoms with Gasteiger partial charge >= 0.3 is 0 Å². The van der Waals surface area contributed by atoms with Crippen molar-refractivity contribution in [3.8, 4) is 0 Å². The zero-order valence-corrected chi connectivity index (χ0v) is 11.4. The predicted molar refractivity (Wildman–Crippen MR) is 68.9 cm³/mol. The average Bonchev–Trinajstić information content (AvgIpc) is 2.44. The van der Waals surface area contributed by atoms with Crippen molar-refractivity contribution in [2.24, 2.45) is 5.92 Å². The lowest BCUT2D eigenvalue weighted by Crippen LogP contribution is -2.32. The largest absolute Gasteiger partial charge is 0.145 e. The van der Waals surface area contributed by atoms with Crippen LogP contribution < -0.4 is 0 Å². The van der Waals surface area contributed by atoms with Crippen LogP contribution in [0.4, 0.5) is 0 Å². The van der Waals surface area contributed by atoms with Crippen molar-refractivity contribution in [2.75, 3.05) is 0 Å². The van der Waals surface area contributed by atoms with E-state index in [9.17, 15) is 0 Å². The first-order valence-electron chi connectivity index (χ1n) is 6.06. The van der Waals surface area contributed by atoms with Crippen LogP contribution in [0, 0.1) is 19.8 Å². The molecule has 84 valence electrons. The molecule has 1 aliphatic carbocycles. The van der Waals surface area contributed by atoms with Gasteiger partial charge in [-0.05, 0) is 55.6 Å². The second-order valence-electron chi connectivity index (χ2n) is 5.51. The van der Waals surface area contributed by atoms with Crippen molar-refractivity contribution in [2.45, 2.75) is 59.3 Å². The molecule has 1 aromatic rings. The Morgan fingerprint density at radius 2 is 1.93 bits per heavy atom. The van der Waals surface area contributed by atoms with Crippen molar-refractivity contribution in [1.82, 2.24) is 0 Å². The molecule has 0 nitrogen and oxygen atoms in total. The molecule has 1 aromatic heterocycles. The summed E-state index contributed by atoms with van der Waals surface area (Å²) in [7, 11) is 0. The van der Waals surface area contributed by atoms with Gasteiger partial charge in [-0.15, -0.1) is 11.3 Å². The average molecular weight is 222 g/mol. The van der Waals surface area contributed by atoms with Gasteiger partial charge in [-0.2, -0.15) is 0 Å². The van der Waals surface area contributed by atoms with E-state index in [1.54, 1.807) is 16.0 Å². The molecule has 0 radical (unpaired) electrons. The summed E-state index contributed by atoms with van der Waals surface area (Å²) in [5.74, 6) is 0.754. The van der Waals surface area contributed by atoms with Crippen LogP contribution in [0.1, 0.15) is 54.5 Å². The maximum Gasteiger partial charge on any atom is 0.00884 e. The molecule has 0 saturated heterocycles. The molecule has 0 aliphatic heterocycles. The summed E-state index contributed by atoms with van der Waals surface area (Å²) in [4.78, 5) is 3.21. The molecule has 2 rings (SSSR count). The minimum Gasteiger partial charge on any atom is -0.145 e. The molecular formula is C14H22S. The van der Waals surface area contributed by atoms with Crippen LogP contribution in [-0.4, -0.2) is 0 Å². The smallest absolute Gasteiger partial charge is 0.00884 e. The van der Waals surface area contributed by atoms with E-state index >= 15 is 0 Å². The molecule has 1 atom stereocenters. The minimum absolute atomic E-state index is 0.433. The van der Waals surface area contributed by atoms with E-state index in [4.69, 9.17) is 0 Å². The Bertz CT molecular complexity index is 373. The van der Waals surface area contributed by atoms with Gasteiger partial charge in [0.15, 0.2) is 0 Å². The second kappa shape index (κ2) is 3.62. The van der Waals surface area contributed by atoms with Gasteiger partial charge in [0.2, 0.25) is 0 Å². The topological polar surface area (TPSA) is 0 Å². The minimum atomic E-state index is 0.433. The lowest BCUT2D eigenvalue weighted by atomic mass is 9.66. The van der Waals surface area contributed by atoms with Gasteiger partial charge in [0.1, 0.15) is 0 Å². The quantitative estimate of drug-likeness (QED) is 0.650.